The van der Waals surface area contributed by atoms with Gasteiger partial charge in [-0.15, -0.1) is 0 Å². The molecule has 1 aromatic heterocycles. The number of carbonyl (C=O) groups excluding carboxylic acids is 1. The fourth-order valence-electron chi connectivity index (χ4n) is 1.65. The molecule has 8 nitrogen and oxygen atoms in total. The van der Waals surface area contributed by atoms with Crippen molar-refractivity contribution in [3.8, 4) is 5.69 Å². The SMILES string of the molecule is NC(=O)OC/C(=C/F)Cn1nnn(-c2ccc(Br)cc2F)c1=O. The molecule has 0 bridgehead atoms. The molecular weight excluding hydrogens is 380 g/mol. The van der Waals surface area contributed by atoms with Gasteiger partial charge in [0.1, 0.15) is 18.1 Å². The summed E-state index contributed by atoms with van der Waals surface area (Å²) in [4.78, 5) is 22.6. The minimum Gasteiger partial charge on any atom is -0.445 e. The zero-order valence-electron chi connectivity index (χ0n) is 11.4. The van der Waals surface area contributed by atoms with Crippen LogP contribution in [0.2, 0.25) is 0 Å². The van der Waals surface area contributed by atoms with Crippen molar-refractivity contribution in [2.24, 2.45) is 5.73 Å². The largest absolute Gasteiger partial charge is 0.445 e. The predicted molar refractivity (Wildman–Crippen MR) is 78.0 cm³/mol. The van der Waals surface area contributed by atoms with Gasteiger partial charge in [-0.05, 0) is 28.6 Å². The van der Waals surface area contributed by atoms with E-state index in [1.807, 2.05) is 0 Å². The zero-order valence-corrected chi connectivity index (χ0v) is 13.0. The van der Waals surface area contributed by atoms with E-state index in [1.54, 1.807) is 0 Å². The number of halogens is 3. The Bertz CT molecular complexity index is 817. The normalized spacial score (nSPS) is 11.5. The Hall–Kier alpha value is -2.56. The summed E-state index contributed by atoms with van der Waals surface area (Å²) in [5, 5.41) is 7.07. The van der Waals surface area contributed by atoms with E-state index in [0.29, 0.717) is 4.47 Å². The van der Waals surface area contributed by atoms with E-state index < -0.39 is 24.2 Å². The maximum absolute atomic E-state index is 13.9. The van der Waals surface area contributed by atoms with Gasteiger partial charge < -0.3 is 10.5 Å². The molecule has 1 aromatic carbocycles. The van der Waals surface area contributed by atoms with Crippen LogP contribution in [0, 0.1) is 5.82 Å². The lowest BCUT2D eigenvalue weighted by Gasteiger charge is -2.04. The lowest BCUT2D eigenvalue weighted by Crippen LogP contribution is -2.26. The Morgan fingerprint density at radius 1 is 1.43 bits per heavy atom. The van der Waals surface area contributed by atoms with E-state index >= 15 is 0 Å². The van der Waals surface area contributed by atoms with Crippen molar-refractivity contribution in [1.82, 2.24) is 19.8 Å². The van der Waals surface area contributed by atoms with Crippen molar-refractivity contribution in [2.75, 3.05) is 6.61 Å². The number of aromatic nitrogens is 4. The first-order valence-electron chi connectivity index (χ1n) is 6.11. The molecule has 2 rings (SSSR count). The van der Waals surface area contributed by atoms with Gasteiger partial charge in [-0.2, -0.15) is 9.36 Å². The molecule has 0 spiro atoms. The van der Waals surface area contributed by atoms with Gasteiger partial charge in [0, 0.05) is 10.0 Å². The molecule has 2 N–H and O–H groups in total. The third-order valence-corrected chi connectivity index (χ3v) is 3.18. The summed E-state index contributed by atoms with van der Waals surface area (Å²) in [6.45, 7) is -0.779. The zero-order chi connectivity index (χ0) is 17.0. The van der Waals surface area contributed by atoms with Crippen LogP contribution in [0.5, 0.6) is 0 Å². The van der Waals surface area contributed by atoms with E-state index in [4.69, 9.17) is 5.73 Å². The van der Waals surface area contributed by atoms with Crippen LogP contribution < -0.4 is 11.4 Å². The van der Waals surface area contributed by atoms with E-state index in [2.05, 4.69) is 31.1 Å². The van der Waals surface area contributed by atoms with Crippen molar-refractivity contribution in [3.63, 3.8) is 0 Å². The van der Waals surface area contributed by atoms with Gasteiger partial charge in [0.15, 0.2) is 0 Å². The highest BCUT2D eigenvalue weighted by molar-refractivity contribution is 9.10. The van der Waals surface area contributed by atoms with E-state index in [1.165, 1.54) is 12.1 Å². The van der Waals surface area contributed by atoms with Crippen LogP contribution in [0.3, 0.4) is 0 Å². The van der Waals surface area contributed by atoms with Crippen molar-refractivity contribution in [3.05, 3.63) is 50.9 Å². The summed E-state index contributed by atoms with van der Waals surface area (Å²) in [6, 6.07) is 4.02. The first-order valence-corrected chi connectivity index (χ1v) is 6.90. The van der Waals surface area contributed by atoms with Crippen LogP contribution in [-0.4, -0.2) is 32.5 Å². The van der Waals surface area contributed by atoms with Gasteiger partial charge in [0.2, 0.25) is 0 Å². The summed E-state index contributed by atoms with van der Waals surface area (Å²) in [5.41, 5.74) is 3.80. The smallest absolute Gasteiger partial charge is 0.404 e. The highest BCUT2D eigenvalue weighted by Crippen LogP contribution is 2.16. The quantitative estimate of drug-likeness (QED) is 0.828. The minimum atomic E-state index is -1.09. The maximum atomic E-state index is 13.9. The summed E-state index contributed by atoms with van der Waals surface area (Å²) in [6.07, 6.45) is -0.925. The number of hydrogen-bond donors (Lipinski definition) is 1. The van der Waals surface area contributed by atoms with Crippen LogP contribution in [0.25, 0.3) is 5.69 Å². The van der Waals surface area contributed by atoms with Gasteiger partial charge in [0.25, 0.3) is 0 Å². The summed E-state index contributed by atoms with van der Waals surface area (Å²) >= 11 is 3.09. The number of amides is 1. The molecule has 0 aliphatic rings. The lowest BCUT2D eigenvalue weighted by molar-refractivity contribution is 0.164. The first kappa shape index (κ1) is 16.8. The molecule has 0 atom stereocenters. The molecule has 0 fully saturated rings. The van der Waals surface area contributed by atoms with Crippen LogP contribution in [0.15, 0.2) is 39.4 Å². The fourth-order valence-corrected chi connectivity index (χ4v) is 1.98. The van der Waals surface area contributed by atoms with Crippen molar-refractivity contribution in [2.45, 2.75) is 6.54 Å². The Kier molecular flexibility index (Phi) is 5.21. The highest BCUT2D eigenvalue weighted by Gasteiger charge is 2.14. The standard InChI is InChI=1S/C12H10BrF2N5O3/c13-8-1-2-10(9(15)3-8)20-12(22)19(17-18-20)5-7(4-14)6-23-11(16)21/h1-4H,5-6H2,(H2,16,21)/b7-4+. The molecule has 0 aliphatic heterocycles. The molecule has 1 heterocycles. The molecule has 122 valence electrons. The number of ether oxygens (including phenoxy) is 1. The highest BCUT2D eigenvalue weighted by atomic mass is 79.9. The Morgan fingerprint density at radius 2 is 2.17 bits per heavy atom. The van der Waals surface area contributed by atoms with Crippen molar-refractivity contribution >= 4 is 22.0 Å². The predicted octanol–water partition coefficient (Wildman–Crippen LogP) is 1.28. The molecular formula is C12H10BrF2N5O3. The van der Waals surface area contributed by atoms with E-state index in [-0.39, 0.29) is 24.1 Å². The molecule has 2 aromatic rings. The first-order chi connectivity index (χ1) is 10.9. The number of benzene rings is 1. The second kappa shape index (κ2) is 7.13. The number of hydrogen-bond acceptors (Lipinski definition) is 5. The maximum Gasteiger partial charge on any atom is 0.404 e. The van der Waals surface area contributed by atoms with E-state index in [0.717, 1.165) is 15.4 Å². The number of tetrazole rings is 1. The average Bonchev–Trinajstić information content (AvgIpc) is 2.84. The second-order valence-corrected chi connectivity index (χ2v) is 5.22. The van der Waals surface area contributed by atoms with Gasteiger partial charge >= 0.3 is 11.8 Å². The summed E-state index contributed by atoms with van der Waals surface area (Å²) in [5.74, 6) is -0.688. The van der Waals surface area contributed by atoms with Gasteiger partial charge in [-0.3, -0.25) is 0 Å². The Morgan fingerprint density at radius 3 is 2.78 bits per heavy atom. The molecule has 0 aliphatic carbocycles. The molecule has 0 saturated heterocycles. The van der Waals surface area contributed by atoms with Gasteiger partial charge in [0.05, 0.1) is 12.9 Å². The van der Waals surface area contributed by atoms with Crippen LogP contribution in [0.4, 0.5) is 13.6 Å². The van der Waals surface area contributed by atoms with Gasteiger partial charge in [-0.1, -0.05) is 15.9 Å². The number of rotatable bonds is 5. The van der Waals surface area contributed by atoms with Gasteiger partial charge in [-0.25, -0.2) is 18.4 Å². The second-order valence-electron chi connectivity index (χ2n) is 4.30. The van der Waals surface area contributed by atoms with E-state index in [9.17, 15) is 18.4 Å². The fraction of sp³-hybridized carbons (Fsp3) is 0.167. The average molecular weight is 390 g/mol. The number of nitrogens with two attached hydrogens (primary N) is 1. The molecule has 23 heavy (non-hydrogen) atoms. The number of nitrogens with zero attached hydrogens (tertiary/aromatic N) is 4. The Balaban J connectivity index is 2.25. The summed E-state index contributed by atoms with van der Waals surface area (Å²) < 4.78 is 33.0. The minimum absolute atomic E-state index is 0.0748. The lowest BCUT2D eigenvalue weighted by atomic mass is 10.3. The molecule has 0 unspecified atom stereocenters. The van der Waals surface area contributed by atoms with Crippen LogP contribution >= 0.6 is 15.9 Å². The number of primary amides is 1. The monoisotopic (exact) mass is 389 g/mol. The molecule has 11 heteroatoms. The number of carbonyl (C=O) groups is 1. The van der Waals surface area contributed by atoms with Crippen LogP contribution in [-0.2, 0) is 11.3 Å². The topological polar surface area (TPSA) is 105 Å². The van der Waals surface area contributed by atoms with Crippen molar-refractivity contribution in [1.29, 1.82) is 0 Å². The Labute approximate surface area is 136 Å². The molecule has 0 radical (unpaired) electrons. The third-order valence-electron chi connectivity index (χ3n) is 2.68. The van der Waals surface area contributed by atoms with Crippen LogP contribution in [0.1, 0.15) is 0 Å². The third kappa shape index (κ3) is 4.00. The molecule has 0 saturated carbocycles. The molecule has 1 amide bonds. The van der Waals surface area contributed by atoms with Crippen molar-refractivity contribution < 1.29 is 18.3 Å². The summed E-state index contributed by atoms with van der Waals surface area (Å²) in [7, 11) is 0.